The van der Waals surface area contributed by atoms with E-state index in [1.54, 1.807) is 6.20 Å². The van der Waals surface area contributed by atoms with Crippen LogP contribution in [0.2, 0.25) is 5.02 Å². The molecule has 6 nitrogen and oxygen atoms in total. The van der Waals surface area contributed by atoms with Crippen molar-refractivity contribution in [3.63, 3.8) is 0 Å². The summed E-state index contributed by atoms with van der Waals surface area (Å²) in [5.74, 6) is -0.266. The van der Waals surface area contributed by atoms with Crippen LogP contribution in [0.15, 0.2) is 48.7 Å². The Bertz CT molecular complexity index is 1190. The van der Waals surface area contributed by atoms with Crippen molar-refractivity contribution in [2.45, 2.75) is 39.3 Å². The average Bonchev–Trinajstić information content (AvgIpc) is 3.29. The van der Waals surface area contributed by atoms with Crippen LogP contribution in [0, 0.1) is 20.8 Å². The zero-order chi connectivity index (χ0) is 23.7. The predicted octanol–water partition coefficient (Wildman–Crippen LogP) is 4.99. The van der Waals surface area contributed by atoms with Crippen molar-refractivity contribution in [1.29, 1.82) is 0 Å². The maximum atomic E-state index is 11.9. The first kappa shape index (κ1) is 23.3. The Kier molecular flexibility index (Phi) is 6.72. The molecule has 2 atom stereocenters. The second-order valence-corrected chi connectivity index (χ2v) is 9.06. The van der Waals surface area contributed by atoms with Crippen LogP contribution in [-0.2, 0) is 9.53 Å². The van der Waals surface area contributed by atoms with Gasteiger partial charge in [-0.05, 0) is 74.4 Å². The SMILES string of the molecule is COC(=O)CCN1C(=S)NC(c2ccccn2)C1c1cc(C)n(-c2cc(Cl)ccc2C)c1C. The molecule has 0 amide bonds. The van der Waals surface area contributed by atoms with E-state index in [9.17, 15) is 4.79 Å². The number of nitrogens with zero attached hydrogens (tertiary/aromatic N) is 3. The molecule has 33 heavy (non-hydrogen) atoms. The van der Waals surface area contributed by atoms with Crippen LogP contribution in [0.4, 0.5) is 0 Å². The third kappa shape index (κ3) is 4.48. The number of carbonyl (C=O) groups excluding carboxylic acids is 1. The molecule has 1 fully saturated rings. The highest BCUT2D eigenvalue weighted by atomic mass is 35.5. The molecule has 1 saturated heterocycles. The van der Waals surface area contributed by atoms with Gasteiger partial charge in [-0.1, -0.05) is 23.7 Å². The van der Waals surface area contributed by atoms with Crippen LogP contribution in [0.5, 0.6) is 0 Å². The fourth-order valence-electron chi connectivity index (χ4n) is 4.58. The largest absolute Gasteiger partial charge is 0.469 e. The Morgan fingerprint density at radius 2 is 2.00 bits per heavy atom. The predicted molar refractivity (Wildman–Crippen MR) is 134 cm³/mol. The van der Waals surface area contributed by atoms with Crippen molar-refractivity contribution >= 4 is 34.9 Å². The lowest BCUT2D eigenvalue weighted by atomic mass is 9.96. The molecule has 3 heterocycles. The lowest BCUT2D eigenvalue weighted by Gasteiger charge is -2.28. The number of thiocarbonyl (C=S) groups is 1. The average molecular weight is 483 g/mol. The maximum absolute atomic E-state index is 11.9. The fraction of sp³-hybridized carbons (Fsp3) is 0.320. The Balaban J connectivity index is 1.82. The number of ether oxygens (including phenoxy) is 1. The van der Waals surface area contributed by atoms with Crippen molar-refractivity contribution in [3.05, 3.63) is 81.9 Å². The number of rotatable bonds is 6. The summed E-state index contributed by atoms with van der Waals surface area (Å²) in [5, 5.41) is 4.73. The van der Waals surface area contributed by atoms with Gasteiger partial charge in [-0.25, -0.2) is 0 Å². The van der Waals surface area contributed by atoms with E-state index >= 15 is 0 Å². The Hall–Kier alpha value is -2.90. The monoisotopic (exact) mass is 482 g/mol. The van der Waals surface area contributed by atoms with E-state index in [1.165, 1.54) is 7.11 Å². The van der Waals surface area contributed by atoms with E-state index in [0.29, 0.717) is 16.7 Å². The standard InChI is InChI=1S/C25H27ClN4O2S/c1-15-8-9-18(26)14-21(15)30-16(2)13-19(17(30)3)24-23(20-7-5-6-11-27-20)28-25(33)29(24)12-10-22(31)32-4/h5-9,11,13-14,23-24H,10,12H2,1-4H3,(H,28,33). The summed E-state index contributed by atoms with van der Waals surface area (Å²) >= 11 is 12.0. The lowest BCUT2D eigenvalue weighted by molar-refractivity contribution is -0.140. The summed E-state index contributed by atoms with van der Waals surface area (Å²) in [4.78, 5) is 18.6. The zero-order valence-electron chi connectivity index (χ0n) is 19.1. The Morgan fingerprint density at radius 3 is 2.70 bits per heavy atom. The molecular formula is C25H27ClN4O2S. The van der Waals surface area contributed by atoms with Gasteiger partial charge in [0.25, 0.3) is 0 Å². The smallest absolute Gasteiger partial charge is 0.307 e. The number of benzene rings is 1. The summed E-state index contributed by atoms with van der Waals surface area (Å²) in [6.07, 6.45) is 2.03. The van der Waals surface area contributed by atoms with Gasteiger partial charge >= 0.3 is 5.97 Å². The molecule has 0 radical (unpaired) electrons. The van der Waals surface area contributed by atoms with Gasteiger partial charge in [0.1, 0.15) is 0 Å². The van der Waals surface area contributed by atoms with Gasteiger partial charge in [-0.15, -0.1) is 0 Å². The van der Waals surface area contributed by atoms with Gasteiger partial charge in [0.15, 0.2) is 5.11 Å². The molecule has 1 aromatic carbocycles. The van der Waals surface area contributed by atoms with Gasteiger partial charge in [-0.2, -0.15) is 0 Å². The number of halogens is 1. The summed E-state index contributed by atoms with van der Waals surface area (Å²) in [5.41, 5.74) is 6.40. The van der Waals surface area contributed by atoms with Crippen LogP contribution >= 0.6 is 23.8 Å². The highest BCUT2D eigenvalue weighted by molar-refractivity contribution is 7.80. The van der Waals surface area contributed by atoms with E-state index < -0.39 is 0 Å². The molecule has 1 N–H and O–H groups in total. The van der Waals surface area contributed by atoms with E-state index in [4.69, 9.17) is 28.6 Å². The maximum Gasteiger partial charge on any atom is 0.307 e. The van der Waals surface area contributed by atoms with Gasteiger partial charge in [0.05, 0.1) is 31.3 Å². The van der Waals surface area contributed by atoms with Crippen molar-refractivity contribution < 1.29 is 9.53 Å². The number of esters is 1. The number of carbonyl (C=O) groups is 1. The molecular weight excluding hydrogens is 456 g/mol. The minimum Gasteiger partial charge on any atom is -0.469 e. The van der Waals surface area contributed by atoms with Crippen LogP contribution in [0.1, 0.15) is 46.7 Å². The number of aryl methyl sites for hydroxylation is 2. The van der Waals surface area contributed by atoms with Crippen LogP contribution in [0.25, 0.3) is 5.69 Å². The number of nitrogens with one attached hydrogen (secondary N) is 1. The number of methoxy groups -OCH3 is 1. The molecule has 4 rings (SSSR count). The minimum atomic E-state index is -0.266. The van der Waals surface area contributed by atoms with Crippen molar-refractivity contribution in [2.75, 3.05) is 13.7 Å². The second kappa shape index (κ2) is 9.53. The van der Waals surface area contributed by atoms with Gasteiger partial charge in [0.2, 0.25) is 0 Å². The first-order valence-electron chi connectivity index (χ1n) is 10.8. The number of pyridine rings is 1. The van der Waals surface area contributed by atoms with Crippen LogP contribution in [-0.4, -0.2) is 39.2 Å². The molecule has 0 spiro atoms. The Morgan fingerprint density at radius 1 is 1.21 bits per heavy atom. The van der Waals surface area contributed by atoms with Crippen LogP contribution in [0.3, 0.4) is 0 Å². The van der Waals surface area contributed by atoms with Crippen molar-refractivity contribution in [1.82, 2.24) is 19.8 Å². The lowest BCUT2D eigenvalue weighted by Crippen LogP contribution is -2.32. The molecule has 0 aliphatic carbocycles. The molecule has 0 bridgehead atoms. The normalized spacial score (nSPS) is 17.8. The van der Waals surface area contributed by atoms with E-state index in [-0.39, 0.29) is 24.5 Å². The molecule has 2 unspecified atom stereocenters. The molecule has 1 aliphatic heterocycles. The molecule has 0 saturated carbocycles. The quantitative estimate of drug-likeness (QED) is 0.394. The summed E-state index contributed by atoms with van der Waals surface area (Å²) in [6, 6.07) is 13.7. The highest BCUT2D eigenvalue weighted by Gasteiger charge is 2.41. The summed E-state index contributed by atoms with van der Waals surface area (Å²) < 4.78 is 7.10. The minimum absolute atomic E-state index is 0.128. The molecule has 172 valence electrons. The number of aromatic nitrogens is 2. The van der Waals surface area contributed by atoms with Gasteiger partial charge in [0, 0.05) is 34.8 Å². The Labute approximate surface area is 204 Å². The molecule has 8 heteroatoms. The van der Waals surface area contributed by atoms with E-state index in [1.807, 2.05) is 36.4 Å². The summed E-state index contributed by atoms with van der Waals surface area (Å²) in [7, 11) is 1.40. The van der Waals surface area contributed by atoms with E-state index in [0.717, 1.165) is 33.9 Å². The van der Waals surface area contributed by atoms with Gasteiger partial charge in [-0.3, -0.25) is 9.78 Å². The molecule has 3 aromatic rings. The highest BCUT2D eigenvalue weighted by Crippen LogP contribution is 2.41. The van der Waals surface area contributed by atoms with Gasteiger partial charge < -0.3 is 19.5 Å². The van der Waals surface area contributed by atoms with Crippen molar-refractivity contribution in [2.24, 2.45) is 0 Å². The third-order valence-electron chi connectivity index (χ3n) is 6.18. The second-order valence-electron chi connectivity index (χ2n) is 8.24. The van der Waals surface area contributed by atoms with Crippen LogP contribution < -0.4 is 5.32 Å². The van der Waals surface area contributed by atoms with E-state index in [2.05, 4.69) is 46.6 Å². The summed E-state index contributed by atoms with van der Waals surface area (Å²) in [6.45, 7) is 6.73. The fourth-order valence-corrected chi connectivity index (χ4v) is 5.08. The third-order valence-corrected chi connectivity index (χ3v) is 6.77. The first-order valence-corrected chi connectivity index (χ1v) is 11.6. The van der Waals surface area contributed by atoms with Crippen molar-refractivity contribution in [3.8, 4) is 5.69 Å². The molecule has 1 aliphatic rings. The molecule has 2 aromatic heterocycles. The first-order chi connectivity index (χ1) is 15.8. The zero-order valence-corrected chi connectivity index (χ0v) is 20.7. The number of hydrogen-bond acceptors (Lipinski definition) is 4. The topological polar surface area (TPSA) is 59.4 Å². The number of hydrogen-bond donors (Lipinski definition) is 1.